The monoisotopic (exact) mass is 309 g/mol. The van der Waals surface area contributed by atoms with Crippen LogP contribution in [0.4, 0.5) is 4.79 Å². The van der Waals surface area contributed by atoms with E-state index < -0.39 is 14.1 Å². The van der Waals surface area contributed by atoms with E-state index in [-0.39, 0.29) is 12.1 Å². The Morgan fingerprint density at radius 1 is 1.24 bits per heavy atom. The Balaban J connectivity index is 2.36. The van der Waals surface area contributed by atoms with Gasteiger partial charge in [-0.2, -0.15) is 0 Å². The number of benzene rings is 1. The Bertz CT molecular complexity index is 502. The predicted octanol–water partition coefficient (Wildman–Crippen LogP) is 3.00. The highest BCUT2D eigenvalue weighted by Crippen LogP contribution is 2.46. The first-order valence-electron chi connectivity index (χ1n) is 6.98. The van der Waals surface area contributed by atoms with Gasteiger partial charge in [0.1, 0.15) is 6.04 Å². The molecule has 2 rings (SSSR count). The first-order chi connectivity index (χ1) is 9.83. The minimum Gasteiger partial charge on any atom is -0.453 e. The van der Waals surface area contributed by atoms with Gasteiger partial charge >= 0.3 is 6.09 Å². The second kappa shape index (κ2) is 5.79. The predicted molar refractivity (Wildman–Crippen MR) is 82.5 cm³/mol. The lowest BCUT2D eigenvalue weighted by Crippen LogP contribution is -2.69. The Kier molecular flexibility index (Phi) is 4.41. The van der Waals surface area contributed by atoms with Crippen LogP contribution in [0.25, 0.3) is 0 Å². The molecule has 1 heterocycles. The molecule has 6 heteroatoms. The van der Waals surface area contributed by atoms with Crippen molar-refractivity contribution >= 4 is 14.4 Å². The van der Waals surface area contributed by atoms with Crippen LogP contribution < -0.4 is 0 Å². The maximum Gasteiger partial charge on any atom is 0.410 e. The highest BCUT2D eigenvalue weighted by atomic mass is 28.4. The summed E-state index contributed by atoms with van der Waals surface area (Å²) in [5, 5.41) is 0. The average Bonchev–Trinajstić information content (AvgIpc) is 2.42. The van der Waals surface area contributed by atoms with Crippen LogP contribution in [0.5, 0.6) is 0 Å². The number of amides is 1. The van der Waals surface area contributed by atoms with Gasteiger partial charge in [-0.25, -0.2) is 4.79 Å². The second-order valence-electron chi connectivity index (χ2n) is 6.14. The van der Waals surface area contributed by atoms with E-state index in [0.717, 1.165) is 5.56 Å². The molecule has 1 aromatic carbocycles. The smallest absolute Gasteiger partial charge is 0.410 e. The van der Waals surface area contributed by atoms with Crippen molar-refractivity contribution in [3.63, 3.8) is 0 Å². The third-order valence-electron chi connectivity index (χ3n) is 3.47. The lowest BCUT2D eigenvalue weighted by Gasteiger charge is -2.56. The maximum absolute atomic E-state index is 12.0. The Morgan fingerprint density at radius 3 is 2.33 bits per heavy atom. The first-order valence-corrected chi connectivity index (χ1v) is 10.4. The van der Waals surface area contributed by atoms with Crippen molar-refractivity contribution < 1.29 is 18.7 Å². The number of ether oxygens (including phenoxy) is 2. The third kappa shape index (κ3) is 3.12. The van der Waals surface area contributed by atoms with Gasteiger partial charge < -0.3 is 13.9 Å². The molecule has 1 aromatic rings. The highest BCUT2D eigenvalue weighted by molar-refractivity contribution is 6.69. The van der Waals surface area contributed by atoms with Gasteiger partial charge in [-0.3, -0.25) is 4.90 Å². The van der Waals surface area contributed by atoms with Crippen LogP contribution in [0.15, 0.2) is 30.3 Å². The summed E-state index contributed by atoms with van der Waals surface area (Å²) in [4.78, 5) is 13.6. The van der Waals surface area contributed by atoms with Gasteiger partial charge in [0.25, 0.3) is 0 Å². The molecule has 1 amide bonds. The zero-order chi connectivity index (χ0) is 15.7. The zero-order valence-electron chi connectivity index (χ0n) is 13.3. The molecule has 0 bridgehead atoms. The van der Waals surface area contributed by atoms with E-state index in [2.05, 4.69) is 19.6 Å². The number of rotatable bonds is 4. The SMILES string of the molecule is COC(=O)N1C[C@@](OC)(O[Si](C)(C)C)[C@H]1c1ccccc1. The summed E-state index contributed by atoms with van der Waals surface area (Å²) in [5.74, 6) is -0.792. The summed E-state index contributed by atoms with van der Waals surface area (Å²) in [7, 11) is 1.18. The van der Waals surface area contributed by atoms with E-state index in [4.69, 9.17) is 13.9 Å². The number of nitrogens with zero attached hydrogens (tertiary/aromatic N) is 1. The Hall–Kier alpha value is -1.37. The lowest BCUT2D eigenvalue weighted by molar-refractivity contribution is -0.277. The molecule has 1 saturated heterocycles. The molecule has 1 aliphatic rings. The van der Waals surface area contributed by atoms with Crippen molar-refractivity contribution in [1.29, 1.82) is 0 Å². The molecule has 5 nitrogen and oxygen atoms in total. The topological polar surface area (TPSA) is 48.0 Å². The molecule has 1 aliphatic heterocycles. The van der Waals surface area contributed by atoms with E-state index in [0.29, 0.717) is 6.54 Å². The number of likely N-dealkylation sites (tertiary alicyclic amines) is 1. The summed E-state index contributed by atoms with van der Waals surface area (Å²) >= 11 is 0. The van der Waals surface area contributed by atoms with Crippen molar-refractivity contribution in [1.82, 2.24) is 4.90 Å². The van der Waals surface area contributed by atoms with Gasteiger partial charge in [0.15, 0.2) is 8.32 Å². The molecule has 0 aliphatic carbocycles. The molecular formula is C15H23NO4Si. The van der Waals surface area contributed by atoms with Crippen LogP contribution in [0.3, 0.4) is 0 Å². The van der Waals surface area contributed by atoms with Crippen molar-refractivity contribution in [3.05, 3.63) is 35.9 Å². The van der Waals surface area contributed by atoms with E-state index in [1.807, 2.05) is 30.3 Å². The molecule has 2 atom stereocenters. The molecule has 0 unspecified atom stereocenters. The van der Waals surface area contributed by atoms with E-state index in [1.165, 1.54) is 7.11 Å². The minimum atomic E-state index is -1.84. The van der Waals surface area contributed by atoms with Crippen LogP contribution in [-0.2, 0) is 13.9 Å². The van der Waals surface area contributed by atoms with Crippen LogP contribution in [0.1, 0.15) is 11.6 Å². The maximum atomic E-state index is 12.0. The van der Waals surface area contributed by atoms with Gasteiger partial charge in [0.05, 0.1) is 13.7 Å². The van der Waals surface area contributed by atoms with E-state index >= 15 is 0 Å². The molecule has 0 N–H and O–H groups in total. The van der Waals surface area contributed by atoms with E-state index in [9.17, 15) is 4.79 Å². The number of hydrogen-bond donors (Lipinski definition) is 0. The van der Waals surface area contributed by atoms with Crippen LogP contribution in [0, 0.1) is 0 Å². The third-order valence-corrected chi connectivity index (χ3v) is 4.43. The fraction of sp³-hybridized carbons (Fsp3) is 0.533. The summed E-state index contributed by atoms with van der Waals surface area (Å²) in [6.45, 7) is 6.70. The molecular weight excluding hydrogens is 286 g/mol. The summed E-state index contributed by atoms with van der Waals surface area (Å²) in [6.07, 6.45) is -0.365. The molecule has 1 fully saturated rings. The summed E-state index contributed by atoms with van der Waals surface area (Å²) in [5.41, 5.74) is 0.981. The lowest BCUT2D eigenvalue weighted by atomic mass is 9.88. The molecule has 0 spiro atoms. The number of hydrogen-bond acceptors (Lipinski definition) is 4. The van der Waals surface area contributed by atoms with Crippen molar-refractivity contribution in [2.45, 2.75) is 31.5 Å². The Labute approximate surface area is 126 Å². The van der Waals surface area contributed by atoms with Crippen LogP contribution >= 0.6 is 0 Å². The zero-order valence-corrected chi connectivity index (χ0v) is 14.3. The second-order valence-corrected chi connectivity index (χ2v) is 10.6. The summed E-state index contributed by atoms with van der Waals surface area (Å²) in [6, 6.07) is 9.49. The molecule has 0 saturated carbocycles. The van der Waals surface area contributed by atoms with Gasteiger partial charge in [0.2, 0.25) is 5.79 Å². The van der Waals surface area contributed by atoms with Crippen LogP contribution in [0.2, 0.25) is 19.6 Å². The van der Waals surface area contributed by atoms with Crippen molar-refractivity contribution in [3.8, 4) is 0 Å². The number of methoxy groups -OCH3 is 2. The largest absolute Gasteiger partial charge is 0.453 e. The van der Waals surface area contributed by atoms with Gasteiger partial charge in [-0.05, 0) is 25.2 Å². The van der Waals surface area contributed by atoms with Gasteiger partial charge in [-0.1, -0.05) is 30.3 Å². The normalized spacial score (nSPS) is 25.4. The minimum absolute atomic E-state index is 0.289. The number of carbonyl (C=O) groups is 1. The van der Waals surface area contributed by atoms with E-state index in [1.54, 1.807) is 12.0 Å². The number of carbonyl (C=O) groups excluding carboxylic acids is 1. The Morgan fingerprint density at radius 2 is 1.86 bits per heavy atom. The molecule has 21 heavy (non-hydrogen) atoms. The van der Waals surface area contributed by atoms with Crippen molar-refractivity contribution in [2.24, 2.45) is 0 Å². The summed E-state index contributed by atoms with van der Waals surface area (Å²) < 4.78 is 16.8. The standard InChI is InChI=1S/C15H23NO4Si/c1-18-14(17)16-11-15(19-2,20-21(3,4)5)13(16)12-9-7-6-8-10-12/h6-10,13H,11H2,1-5H3/t13-,15-/m1/s1. The highest BCUT2D eigenvalue weighted by Gasteiger charge is 2.59. The fourth-order valence-electron chi connectivity index (χ4n) is 2.72. The fourth-order valence-corrected chi connectivity index (χ4v) is 4.02. The van der Waals surface area contributed by atoms with Gasteiger partial charge in [-0.15, -0.1) is 0 Å². The van der Waals surface area contributed by atoms with Crippen molar-refractivity contribution in [2.75, 3.05) is 20.8 Å². The molecule has 116 valence electrons. The van der Waals surface area contributed by atoms with Gasteiger partial charge in [0, 0.05) is 7.11 Å². The average molecular weight is 309 g/mol. The first kappa shape index (κ1) is 16.0. The quantitative estimate of drug-likeness (QED) is 0.633. The van der Waals surface area contributed by atoms with Crippen LogP contribution in [-0.4, -0.2) is 45.9 Å². The molecule has 0 radical (unpaired) electrons. The molecule has 0 aromatic heterocycles.